The van der Waals surface area contributed by atoms with Gasteiger partial charge in [-0.05, 0) is 14.1 Å². The van der Waals surface area contributed by atoms with E-state index in [2.05, 4.69) is 63.2 Å². The van der Waals surface area contributed by atoms with E-state index >= 15 is 0 Å². The summed E-state index contributed by atoms with van der Waals surface area (Å²) in [5, 5.41) is 0. The maximum atomic E-state index is 2.22. The van der Waals surface area contributed by atoms with Crippen LogP contribution in [0.1, 0.15) is 19.4 Å². The zero-order chi connectivity index (χ0) is 9.84. The first kappa shape index (κ1) is 13.6. The van der Waals surface area contributed by atoms with Crippen molar-refractivity contribution in [2.45, 2.75) is 13.8 Å². The van der Waals surface area contributed by atoms with E-state index in [1.54, 1.807) is 0 Å². The molecule has 0 aliphatic rings. The minimum atomic E-state index is 0. The van der Waals surface area contributed by atoms with Gasteiger partial charge in [-0.1, -0.05) is 25.8 Å². The maximum Gasteiger partial charge on any atom is 1.00 e. The predicted molar refractivity (Wildman–Crippen MR) is 57.3 cm³/mol. The first-order valence-electron chi connectivity index (χ1n) is 4.72. The van der Waals surface area contributed by atoms with Gasteiger partial charge in [-0.3, -0.25) is 0 Å². The molecule has 1 aromatic rings. The topological polar surface area (TPSA) is 3.24 Å². The van der Waals surface area contributed by atoms with E-state index in [9.17, 15) is 0 Å². The number of hydrogen-bond acceptors (Lipinski definition) is 1. The molecule has 14 heavy (non-hydrogen) atoms. The summed E-state index contributed by atoms with van der Waals surface area (Å²) in [7, 11) is 4.20. The van der Waals surface area contributed by atoms with E-state index in [-0.39, 0.29) is 18.9 Å². The molecule has 0 atom stereocenters. The van der Waals surface area contributed by atoms with Gasteiger partial charge < -0.3 is 4.90 Å². The van der Waals surface area contributed by atoms with Gasteiger partial charge in [-0.25, -0.2) is 0 Å². The molecule has 0 saturated heterocycles. The van der Waals surface area contributed by atoms with Crippen molar-refractivity contribution in [1.82, 2.24) is 4.90 Å². The summed E-state index contributed by atoms with van der Waals surface area (Å²) < 4.78 is 0. The van der Waals surface area contributed by atoms with Gasteiger partial charge in [0.1, 0.15) is 0 Å². The first-order chi connectivity index (χ1) is 6.13. The Kier molecular flexibility index (Phi) is 6.04. The van der Waals surface area contributed by atoms with Crippen LogP contribution in [0.2, 0.25) is 0 Å². The van der Waals surface area contributed by atoms with Crippen molar-refractivity contribution < 1.29 is 18.9 Å². The molecule has 0 bridgehead atoms. The average molecular weight is 183 g/mol. The third kappa shape index (κ3) is 3.42. The number of hydrogen-bond donors (Lipinski definition) is 0. The molecule has 72 valence electrons. The summed E-state index contributed by atoms with van der Waals surface area (Å²) >= 11 is 0. The van der Waals surface area contributed by atoms with Crippen LogP contribution in [0.5, 0.6) is 0 Å². The smallest absolute Gasteiger partial charge is 0.336 e. The summed E-state index contributed by atoms with van der Waals surface area (Å²) in [6.45, 7) is 4.45. The van der Waals surface area contributed by atoms with Crippen molar-refractivity contribution in [3.05, 3.63) is 41.9 Å². The van der Waals surface area contributed by atoms with Crippen LogP contribution < -0.4 is 18.9 Å². The normalized spacial score (nSPS) is 10.1. The molecule has 0 amide bonds. The Morgan fingerprint density at radius 1 is 1.07 bits per heavy atom. The first-order valence-corrected chi connectivity index (χ1v) is 4.72. The second-order valence-corrected chi connectivity index (χ2v) is 3.80. The van der Waals surface area contributed by atoms with Gasteiger partial charge in [0.15, 0.2) is 0 Å². The van der Waals surface area contributed by atoms with Gasteiger partial charge >= 0.3 is 18.9 Å². The van der Waals surface area contributed by atoms with E-state index in [4.69, 9.17) is 0 Å². The second kappa shape index (κ2) is 6.19. The third-order valence-corrected chi connectivity index (χ3v) is 2.10. The summed E-state index contributed by atoms with van der Waals surface area (Å²) in [4.78, 5) is 2.19. The van der Waals surface area contributed by atoms with Crippen molar-refractivity contribution in [3.63, 3.8) is 0 Å². The fourth-order valence-corrected chi connectivity index (χ4v) is 1.72. The molecular formula is C12H18LiN. The Balaban J connectivity index is 0.00000169. The molecule has 0 spiro atoms. The fourth-order valence-electron chi connectivity index (χ4n) is 1.72. The van der Waals surface area contributed by atoms with E-state index in [0.717, 1.165) is 0 Å². The Bertz CT molecular complexity index is 236. The zero-order valence-electron chi connectivity index (χ0n) is 9.91. The van der Waals surface area contributed by atoms with Crippen molar-refractivity contribution in [2.75, 3.05) is 14.1 Å². The van der Waals surface area contributed by atoms with E-state index in [1.807, 2.05) is 0 Å². The molecule has 0 aromatic heterocycles. The standard InChI is InChI=1S/C12H18N.Li/c1-10(2)12(13(3)4)11-8-6-5-7-9-11;/h5-10H,1-4H3;/q-1;+1. The quantitative estimate of drug-likeness (QED) is 0.463. The van der Waals surface area contributed by atoms with Gasteiger partial charge in [0.2, 0.25) is 0 Å². The molecule has 0 heterocycles. The van der Waals surface area contributed by atoms with Crippen LogP contribution in [0.4, 0.5) is 0 Å². The minimum absolute atomic E-state index is 0. The second-order valence-electron chi connectivity index (χ2n) is 3.80. The van der Waals surface area contributed by atoms with Gasteiger partial charge in [0.05, 0.1) is 0 Å². The zero-order valence-corrected chi connectivity index (χ0v) is 9.91. The van der Waals surface area contributed by atoms with Gasteiger partial charge in [0, 0.05) is 0 Å². The summed E-state index contributed by atoms with van der Waals surface area (Å²) in [5.74, 6) is 0.567. The van der Waals surface area contributed by atoms with Gasteiger partial charge in [-0.15, -0.1) is 18.2 Å². The molecule has 0 N–H and O–H groups in total. The molecular weight excluding hydrogens is 165 g/mol. The third-order valence-electron chi connectivity index (χ3n) is 2.10. The van der Waals surface area contributed by atoms with Crippen LogP contribution in [0.25, 0.3) is 0 Å². The molecule has 2 heteroatoms. The van der Waals surface area contributed by atoms with Crippen LogP contribution >= 0.6 is 0 Å². The Hall–Kier alpha value is -0.353. The van der Waals surface area contributed by atoms with Crippen LogP contribution in [0.3, 0.4) is 0 Å². The molecule has 1 rings (SSSR count). The summed E-state index contributed by atoms with van der Waals surface area (Å²) in [6, 6.07) is 11.9. The molecule has 1 aromatic carbocycles. The number of benzene rings is 1. The largest absolute Gasteiger partial charge is 1.00 e. The minimum Gasteiger partial charge on any atom is -0.336 e. The van der Waals surface area contributed by atoms with Crippen molar-refractivity contribution in [3.8, 4) is 0 Å². The van der Waals surface area contributed by atoms with E-state index in [1.165, 1.54) is 11.6 Å². The van der Waals surface area contributed by atoms with Crippen LogP contribution in [-0.4, -0.2) is 19.0 Å². The molecule has 0 radical (unpaired) electrons. The monoisotopic (exact) mass is 183 g/mol. The van der Waals surface area contributed by atoms with E-state index in [0.29, 0.717) is 5.92 Å². The fraction of sp³-hybridized carbons (Fsp3) is 0.417. The summed E-state index contributed by atoms with van der Waals surface area (Å²) in [5.41, 5.74) is 1.32. The van der Waals surface area contributed by atoms with Crippen LogP contribution in [0, 0.1) is 12.0 Å². The maximum absolute atomic E-state index is 2.22. The molecule has 0 aliphatic heterocycles. The van der Waals surface area contributed by atoms with Gasteiger partial charge in [-0.2, -0.15) is 17.7 Å². The van der Waals surface area contributed by atoms with Crippen LogP contribution in [0.15, 0.2) is 30.3 Å². The average Bonchev–Trinajstić information content (AvgIpc) is 2.04. The molecule has 1 nitrogen and oxygen atoms in total. The van der Waals surface area contributed by atoms with Gasteiger partial charge in [0.25, 0.3) is 0 Å². The summed E-state index contributed by atoms with van der Waals surface area (Å²) in [6.07, 6.45) is 0. The Labute approximate surface area is 99.7 Å². The van der Waals surface area contributed by atoms with Crippen molar-refractivity contribution >= 4 is 0 Å². The Morgan fingerprint density at radius 3 is 1.93 bits per heavy atom. The molecule has 0 unspecified atom stereocenters. The van der Waals surface area contributed by atoms with Crippen molar-refractivity contribution in [2.24, 2.45) is 5.92 Å². The number of rotatable bonds is 3. The Morgan fingerprint density at radius 2 is 1.57 bits per heavy atom. The molecule has 0 aliphatic carbocycles. The van der Waals surface area contributed by atoms with E-state index < -0.39 is 0 Å². The predicted octanol–water partition coefficient (Wildman–Crippen LogP) is -0.212. The molecule has 0 fully saturated rings. The number of nitrogens with zero attached hydrogens (tertiary/aromatic N) is 1. The molecule has 0 saturated carbocycles. The van der Waals surface area contributed by atoms with Crippen molar-refractivity contribution in [1.29, 1.82) is 0 Å². The SMILES string of the molecule is CC(C)[C-](c1ccccc1)N(C)C.[Li+]. The van der Waals surface area contributed by atoms with Crippen LogP contribution in [-0.2, 0) is 0 Å².